The molecule has 106 valence electrons. The standard InChI is InChI=1S/C11H10Cl2N4O2S/c1-17-11(14-15-16-17)20-9(10(18)19-2)6-3-4-7(12)8(13)5-6/h3-5,9H,1-2H3. The van der Waals surface area contributed by atoms with Gasteiger partial charge < -0.3 is 4.74 Å². The van der Waals surface area contributed by atoms with Crippen LogP contribution in [0.15, 0.2) is 23.4 Å². The van der Waals surface area contributed by atoms with Gasteiger partial charge in [0.05, 0.1) is 17.2 Å². The van der Waals surface area contributed by atoms with Crippen LogP contribution in [0.2, 0.25) is 10.0 Å². The number of thioether (sulfide) groups is 1. The predicted molar refractivity (Wildman–Crippen MR) is 75.9 cm³/mol. The highest BCUT2D eigenvalue weighted by Gasteiger charge is 2.25. The van der Waals surface area contributed by atoms with Crippen LogP contribution in [0.1, 0.15) is 10.8 Å². The van der Waals surface area contributed by atoms with Gasteiger partial charge in [-0.3, -0.25) is 4.79 Å². The quantitative estimate of drug-likeness (QED) is 0.633. The lowest BCUT2D eigenvalue weighted by molar-refractivity contribution is -0.140. The van der Waals surface area contributed by atoms with Gasteiger partial charge >= 0.3 is 5.97 Å². The zero-order valence-electron chi connectivity index (χ0n) is 10.6. The summed E-state index contributed by atoms with van der Waals surface area (Å²) in [4.78, 5) is 11.9. The predicted octanol–water partition coefficient (Wildman–Crippen LogP) is 2.52. The number of carbonyl (C=O) groups is 1. The fourth-order valence-electron chi connectivity index (χ4n) is 1.46. The van der Waals surface area contributed by atoms with Crippen LogP contribution in [-0.4, -0.2) is 33.3 Å². The van der Waals surface area contributed by atoms with Gasteiger partial charge in [-0.05, 0) is 28.1 Å². The van der Waals surface area contributed by atoms with Crippen LogP contribution in [0.5, 0.6) is 0 Å². The van der Waals surface area contributed by atoms with Crippen molar-refractivity contribution in [1.82, 2.24) is 20.2 Å². The Bertz CT molecular complexity index is 635. The van der Waals surface area contributed by atoms with E-state index < -0.39 is 11.2 Å². The summed E-state index contributed by atoms with van der Waals surface area (Å²) in [5.74, 6) is -0.420. The molecular formula is C11H10Cl2N4O2S. The van der Waals surface area contributed by atoms with Crippen LogP contribution < -0.4 is 0 Å². The third-order valence-corrected chi connectivity index (χ3v) is 4.46. The minimum Gasteiger partial charge on any atom is -0.468 e. The van der Waals surface area contributed by atoms with Crippen LogP contribution in [0.3, 0.4) is 0 Å². The van der Waals surface area contributed by atoms with Crippen molar-refractivity contribution in [1.29, 1.82) is 0 Å². The van der Waals surface area contributed by atoms with E-state index in [-0.39, 0.29) is 0 Å². The normalized spacial score (nSPS) is 12.2. The molecule has 2 aromatic rings. The molecule has 0 radical (unpaired) electrons. The van der Waals surface area contributed by atoms with Crippen LogP contribution in [0.4, 0.5) is 0 Å². The molecule has 0 saturated carbocycles. The van der Waals surface area contributed by atoms with Crippen molar-refractivity contribution in [3.8, 4) is 0 Å². The smallest absolute Gasteiger partial charge is 0.323 e. The topological polar surface area (TPSA) is 69.9 Å². The average Bonchev–Trinajstić information content (AvgIpc) is 2.84. The van der Waals surface area contributed by atoms with E-state index in [1.54, 1.807) is 25.2 Å². The number of carbonyl (C=O) groups excluding carboxylic acids is 1. The molecule has 9 heteroatoms. The lowest BCUT2D eigenvalue weighted by atomic mass is 10.1. The van der Waals surface area contributed by atoms with Gasteiger partial charge in [0.15, 0.2) is 0 Å². The van der Waals surface area contributed by atoms with Gasteiger partial charge in [-0.15, -0.1) is 5.10 Å². The number of benzene rings is 1. The van der Waals surface area contributed by atoms with Gasteiger partial charge in [-0.25, -0.2) is 4.68 Å². The van der Waals surface area contributed by atoms with E-state index in [0.29, 0.717) is 20.8 Å². The molecule has 0 bridgehead atoms. The summed E-state index contributed by atoms with van der Waals surface area (Å²) in [5.41, 5.74) is 0.666. The summed E-state index contributed by atoms with van der Waals surface area (Å²) in [6.07, 6.45) is 0. The summed E-state index contributed by atoms with van der Waals surface area (Å²) in [6.45, 7) is 0. The first-order valence-electron chi connectivity index (χ1n) is 5.44. The molecular weight excluding hydrogens is 323 g/mol. The first kappa shape index (κ1) is 15.1. The Morgan fingerprint density at radius 3 is 2.70 bits per heavy atom. The van der Waals surface area contributed by atoms with E-state index in [0.717, 1.165) is 0 Å². The Balaban J connectivity index is 2.34. The van der Waals surface area contributed by atoms with E-state index in [2.05, 4.69) is 15.5 Å². The largest absolute Gasteiger partial charge is 0.468 e. The molecule has 1 aromatic heterocycles. The molecule has 1 heterocycles. The Labute approximate surface area is 129 Å². The summed E-state index contributed by atoms with van der Waals surface area (Å²) >= 11 is 13.0. The van der Waals surface area contributed by atoms with Gasteiger partial charge in [0.1, 0.15) is 5.25 Å². The first-order valence-corrected chi connectivity index (χ1v) is 7.08. The maximum Gasteiger partial charge on any atom is 0.323 e. The van der Waals surface area contributed by atoms with Crippen molar-refractivity contribution in [2.75, 3.05) is 7.11 Å². The van der Waals surface area contributed by atoms with Crippen molar-refractivity contribution in [3.63, 3.8) is 0 Å². The number of tetrazole rings is 1. The molecule has 0 saturated heterocycles. The minimum atomic E-state index is -0.625. The van der Waals surface area contributed by atoms with Gasteiger partial charge in [0.25, 0.3) is 0 Å². The maximum absolute atomic E-state index is 11.9. The van der Waals surface area contributed by atoms with Crippen molar-refractivity contribution in [3.05, 3.63) is 33.8 Å². The molecule has 20 heavy (non-hydrogen) atoms. The maximum atomic E-state index is 11.9. The van der Waals surface area contributed by atoms with Crippen LogP contribution >= 0.6 is 35.0 Å². The number of methoxy groups -OCH3 is 1. The van der Waals surface area contributed by atoms with Crippen molar-refractivity contribution >= 4 is 40.9 Å². The average molecular weight is 333 g/mol. The van der Waals surface area contributed by atoms with Gasteiger partial charge in [0, 0.05) is 7.05 Å². The second-order valence-corrected chi connectivity index (χ2v) is 5.67. The van der Waals surface area contributed by atoms with E-state index in [1.807, 2.05) is 0 Å². The number of ether oxygens (including phenoxy) is 1. The molecule has 0 fully saturated rings. The van der Waals surface area contributed by atoms with Crippen molar-refractivity contribution < 1.29 is 9.53 Å². The fraction of sp³-hybridized carbons (Fsp3) is 0.273. The molecule has 0 amide bonds. The second-order valence-electron chi connectivity index (χ2n) is 3.78. The van der Waals surface area contributed by atoms with Gasteiger partial charge in [0.2, 0.25) is 5.16 Å². The molecule has 1 atom stereocenters. The number of nitrogens with zero attached hydrogens (tertiary/aromatic N) is 4. The van der Waals surface area contributed by atoms with Gasteiger partial charge in [-0.1, -0.05) is 41.0 Å². The highest BCUT2D eigenvalue weighted by Crippen LogP contribution is 2.36. The van der Waals surface area contributed by atoms with Crippen LogP contribution in [0.25, 0.3) is 0 Å². The molecule has 0 aliphatic carbocycles. The zero-order chi connectivity index (χ0) is 14.7. The first-order chi connectivity index (χ1) is 9.52. The number of hydrogen-bond acceptors (Lipinski definition) is 6. The number of esters is 1. The molecule has 0 aliphatic heterocycles. The number of rotatable bonds is 4. The molecule has 0 spiro atoms. The van der Waals surface area contributed by atoms with E-state index in [9.17, 15) is 4.79 Å². The Morgan fingerprint density at radius 1 is 1.40 bits per heavy atom. The van der Waals surface area contributed by atoms with Crippen LogP contribution in [-0.2, 0) is 16.6 Å². The molecule has 0 aliphatic rings. The SMILES string of the molecule is COC(=O)C(Sc1nnnn1C)c1ccc(Cl)c(Cl)c1. The molecule has 0 N–H and O–H groups in total. The molecule has 6 nitrogen and oxygen atoms in total. The summed E-state index contributed by atoms with van der Waals surface area (Å²) in [7, 11) is 3.01. The Morgan fingerprint density at radius 2 is 2.15 bits per heavy atom. The Kier molecular flexibility index (Phi) is 4.85. The third-order valence-electron chi connectivity index (χ3n) is 2.47. The third kappa shape index (κ3) is 3.23. The summed E-state index contributed by atoms with van der Waals surface area (Å²) < 4.78 is 6.28. The van der Waals surface area contributed by atoms with Crippen LogP contribution in [0, 0.1) is 0 Å². The number of hydrogen-bond donors (Lipinski definition) is 0. The van der Waals surface area contributed by atoms with Gasteiger partial charge in [-0.2, -0.15) is 0 Å². The molecule has 1 unspecified atom stereocenters. The van der Waals surface area contributed by atoms with Crippen molar-refractivity contribution in [2.45, 2.75) is 10.4 Å². The van der Waals surface area contributed by atoms with E-state index in [1.165, 1.54) is 23.6 Å². The number of aromatic nitrogens is 4. The monoisotopic (exact) mass is 332 g/mol. The fourth-order valence-corrected chi connectivity index (χ4v) is 2.73. The minimum absolute atomic E-state index is 0.370. The van der Waals surface area contributed by atoms with Crippen molar-refractivity contribution in [2.24, 2.45) is 7.05 Å². The summed E-state index contributed by atoms with van der Waals surface area (Å²) in [6, 6.07) is 4.97. The Hall–Kier alpha value is -1.31. The lowest BCUT2D eigenvalue weighted by Gasteiger charge is -2.14. The van der Waals surface area contributed by atoms with E-state index in [4.69, 9.17) is 27.9 Å². The number of halogens is 2. The zero-order valence-corrected chi connectivity index (χ0v) is 12.9. The van der Waals surface area contributed by atoms with E-state index >= 15 is 0 Å². The lowest BCUT2D eigenvalue weighted by Crippen LogP contribution is -2.12. The molecule has 1 aromatic carbocycles. The second kappa shape index (κ2) is 6.43. The summed E-state index contributed by atoms with van der Waals surface area (Å²) in [5, 5.41) is 11.7. The number of aryl methyl sites for hydroxylation is 1. The highest BCUT2D eigenvalue weighted by molar-refractivity contribution is 8.00. The molecule has 2 rings (SSSR count). The highest BCUT2D eigenvalue weighted by atomic mass is 35.5.